The second-order valence-corrected chi connectivity index (χ2v) is 20.9. The number of H-pyrrole nitrogens is 1. The smallest absolute Gasteiger partial charge is 0.243 e. The lowest BCUT2D eigenvalue weighted by atomic mass is 10.0. The van der Waals surface area contributed by atoms with E-state index in [9.17, 15) is 51.6 Å². The number of aromatic nitrogens is 1. The third-order valence-electron chi connectivity index (χ3n) is 12.2. The minimum absolute atomic E-state index is 0.00242. The maximum absolute atomic E-state index is 14.6. The van der Waals surface area contributed by atoms with Gasteiger partial charge in [-0.2, -0.15) is 0 Å². The highest BCUT2D eigenvalue weighted by molar-refractivity contribution is 7.90. The van der Waals surface area contributed by atoms with Crippen LogP contribution in [0.3, 0.4) is 0 Å². The van der Waals surface area contributed by atoms with Gasteiger partial charge < -0.3 is 76.2 Å². The summed E-state index contributed by atoms with van der Waals surface area (Å²) < 4.78 is 25.1. The van der Waals surface area contributed by atoms with Crippen molar-refractivity contribution < 1.29 is 51.6 Å². The van der Waals surface area contributed by atoms with E-state index >= 15 is 0 Å². The molecule has 7 unspecified atom stereocenters. The molecule has 77 heavy (non-hydrogen) atoms. The molecule has 2 aromatic carbocycles. The van der Waals surface area contributed by atoms with Crippen molar-refractivity contribution in [2.24, 2.45) is 38.7 Å². The zero-order valence-corrected chi connectivity index (χ0v) is 43.9. The zero-order chi connectivity index (χ0) is 56.7. The van der Waals surface area contributed by atoms with Gasteiger partial charge in [-0.1, -0.05) is 48.5 Å². The van der Waals surface area contributed by atoms with Crippen LogP contribution in [0.4, 0.5) is 0 Å². The second kappa shape index (κ2) is 30.3. The molecule has 2 heterocycles. The average Bonchev–Trinajstić information content (AvgIpc) is 3.78. The Kier molecular flexibility index (Phi) is 24.1. The van der Waals surface area contributed by atoms with Gasteiger partial charge in [0, 0.05) is 69.2 Å². The van der Waals surface area contributed by atoms with Crippen LogP contribution in [-0.4, -0.2) is 152 Å². The third kappa shape index (κ3) is 21.8. The van der Waals surface area contributed by atoms with Gasteiger partial charge in [0.25, 0.3) is 0 Å². The second-order valence-electron chi connectivity index (χ2n) is 18.6. The number of para-hydroxylation sites is 1. The fraction of sp³-hybridized carbons (Fsp3) is 0.490. The Bertz CT molecular complexity index is 2730. The molecule has 1 aromatic heterocycles. The Hall–Kier alpha value is -8.30. The number of sulfone groups is 1. The largest absolute Gasteiger partial charge is 0.370 e. The van der Waals surface area contributed by atoms with Gasteiger partial charge in [-0.15, -0.1) is 0 Å². The zero-order valence-electron chi connectivity index (χ0n) is 43.1. The first kappa shape index (κ1) is 61.2. The number of hydrogen-bond donors (Lipinski definition) is 14. The summed E-state index contributed by atoms with van der Waals surface area (Å²) in [5, 5.41) is 21.6. The molecule has 1 aliphatic heterocycles. The molecule has 1 saturated heterocycles. The Morgan fingerprint density at radius 3 is 1.91 bits per heavy atom. The standard InChI is InChI=1S/C49H72N16O11S/c1-28(66)59-34(16-9-22-56-48(51)52)42(69)62-36-18-19-40(67)55-21-8-15-33(41(50)68)60-47(74)39(26-30-27-58-32-14-7-6-13-31(30)32)65-43(70)35(17-10-23-57-49(53)54)61-46(73)38(25-29-11-4-3-5-12-29)64-45(72)37(63-44(36)71)20-24-77(2,75)76/h3-7,11-14,27,33-39,58H,8-10,15-26H2,1-2H3,(H2,50,68)(H,55,67)(H,59,66)(H,60,74)(H,61,73)(H,62,69)(H,63,71)(H,64,72)(H,65,70)(H4,51,52,56)(H4,53,54,57). The Balaban J connectivity index is 1.80. The maximum atomic E-state index is 14.6. The van der Waals surface area contributed by atoms with Crippen LogP contribution in [0.1, 0.15) is 75.8 Å². The van der Waals surface area contributed by atoms with Crippen molar-refractivity contribution in [2.45, 2.75) is 120 Å². The number of carbonyl (C=O) groups is 9. The van der Waals surface area contributed by atoms with E-state index in [0.717, 1.165) is 17.2 Å². The van der Waals surface area contributed by atoms with Gasteiger partial charge in [0.2, 0.25) is 53.2 Å². The number of guanidine groups is 2. The normalized spacial score (nSPS) is 21.1. The van der Waals surface area contributed by atoms with Crippen LogP contribution in [0.2, 0.25) is 0 Å². The van der Waals surface area contributed by atoms with E-state index in [0.29, 0.717) is 11.1 Å². The van der Waals surface area contributed by atoms with E-state index in [-0.39, 0.29) is 82.9 Å². The minimum Gasteiger partial charge on any atom is -0.370 e. The summed E-state index contributed by atoms with van der Waals surface area (Å²) in [7, 11) is -3.81. The monoisotopic (exact) mass is 1090 g/mol. The highest BCUT2D eigenvalue weighted by Crippen LogP contribution is 2.20. The van der Waals surface area contributed by atoms with Crippen molar-refractivity contribution in [3.05, 3.63) is 71.9 Å². The van der Waals surface area contributed by atoms with Gasteiger partial charge in [0.05, 0.1) is 5.75 Å². The molecule has 1 aliphatic rings. The van der Waals surface area contributed by atoms with Gasteiger partial charge in [-0.05, 0) is 68.6 Å². The number of fused-ring (bicyclic) bond motifs is 1. The van der Waals surface area contributed by atoms with Crippen LogP contribution in [0, 0.1) is 0 Å². The predicted molar refractivity (Wildman–Crippen MR) is 286 cm³/mol. The minimum atomic E-state index is -3.81. The molecule has 0 radical (unpaired) electrons. The molecular weight excluding hydrogens is 1020 g/mol. The van der Waals surface area contributed by atoms with E-state index in [4.69, 9.17) is 28.7 Å². The molecule has 420 valence electrons. The van der Waals surface area contributed by atoms with Crippen LogP contribution < -0.4 is 71.2 Å². The first-order chi connectivity index (χ1) is 36.5. The number of aromatic amines is 1. The van der Waals surface area contributed by atoms with Crippen molar-refractivity contribution >= 4 is 85.8 Å². The molecule has 27 nitrogen and oxygen atoms in total. The molecule has 0 bridgehead atoms. The Morgan fingerprint density at radius 1 is 0.701 bits per heavy atom. The number of nitrogens with one attached hydrogen (secondary N) is 9. The van der Waals surface area contributed by atoms with E-state index in [2.05, 4.69) is 57.5 Å². The molecule has 0 spiro atoms. The highest BCUT2D eigenvalue weighted by atomic mass is 32.2. The molecular formula is C49H72N16O11S. The van der Waals surface area contributed by atoms with Crippen LogP contribution in [0.5, 0.6) is 0 Å². The summed E-state index contributed by atoms with van der Waals surface area (Å²) in [6, 6.07) is 5.49. The van der Waals surface area contributed by atoms with Crippen molar-refractivity contribution in [2.75, 3.05) is 31.6 Å². The first-order valence-corrected chi connectivity index (χ1v) is 27.1. The van der Waals surface area contributed by atoms with Gasteiger partial charge >= 0.3 is 0 Å². The summed E-state index contributed by atoms with van der Waals surface area (Å²) in [5.74, 6) is -8.73. The van der Waals surface area contributed by atoms with E-state index in [1.807, 2.05) is 18.2 Å². The quantitative estimate of drug-likeness (QED) is 0.0310. The fourth-order valence-corrected chi connectivity index (χ4v) is 8.93. The number of nitrogens with zero attached hydrogens (tertiary/aromatic N) is 2. The number of amides is 9. The van der Waals surface area contributed by atoms with Crippen LogP contribution in [0.25, 0.3) is 10.9 Å². The molecule has 19 N–H and O–H groups in total. The van der Waals surface area contributed by atoms with Crippen molar-refractivity contribution in [3.63, 3.8) is 0 Å². The molecule has 1 fully saturated rings. The Labute approximate surface area is 445 Å². The molecule has 3 aromatic rings. The Morgan fingerprint density at radius 2 is 1.27 bits per heavy atom. The fourth-order valence-electron chi connectivity index (χ4n) is 8.27. The molecule has 28 heteroatoms. The highest BCUT2D eigenvalue weighted by Gasteiger charge is 2.35. The third-order valence-corrected chi connectivity index (χ3v) is 13.2. The number of rotatable bonds is 19. The number of primary amides is 1. The van der Waals surface area contributed by atoms with Gasteiger partial charge in [0.15, 0.2) is 11.9 Å². The number of carbonyl (C=O) groups excluding carboxylic acids is 9. The lowest BCUT2D eigenvalue weighted by molar-refractivity contribution is -0.136. The lowest BCUT2D eigenvalue weighted by Gasteiger charge is -2.28. The molecule has 4 rings (SSSR count). The lowest BCUT2D eigenvalue weighted by Crippen LogP contribution is -2.60. The predicted octanol–water partition coefficient (Wildman–Crippen LogP) is -3.92. The van der Waals surface area contributed by atoms with E-state index in [1.54, 1.807) is 42.6 Å². The van der Waals surface area contributed by atoms with Crippen molar-refractivity contribution in [1.82, 2.24) is 47.5 Å². The first-order valence-electron chi connectivity index (χ1n) is 25.0. The number of benzene rings is 2. The number of nitrogens with two attached hydrogens (primary N) is 5. The summed E-state index contributed by atoms with van der Waals surface area (Å²) in [6.07, 6.45) is 1.14. The molecule has 7 atom stereocenters. The average molecular weight is 1090 g/mol. The van der Waals surface area contributed by atoms with Crippen molar-refractivity contribution in [1.29, 1.82) is 0 Å². The van der Waals surface area contributed by atoms with E-state index < -0.39 is 130 Å². The SMILES string of the molecule is CC(=O)NC(CCCN=C(N)N)C(=O)NC1CCC(=O)NCCCC(C(N)=O)NC(=O)C(Cc2c[nH]c3ccccc23)NC(=O)C(CCCN=C(N)N)NC(=O)C(Cc2ccccc2)NC(=O)C(CCS(C)(=O)=O)NC1=O. The van der Waals surface area contributed by atoms with Crippen LogP contribution in [0.15, 0.2) is 70.8 Å². The van der Waals surface area contributed by atoms with Gasteiger partial charge in [-0.25, -0.2) is 8.42 Å². The van der Waals surface area contributed by atoms with Crippen molar-refractivity contribution in [3.8, 4) is 0 Å². The van der Waals surface area contributed by atoms with E-state index in [1.165, 1.54) is 6.92 Å². The summed E-state index contributed by atoms with van der Waals surface area (Å²) in [4.78, 5) is 136. The molecule has 9 amide bonds. The maximum Gasteiger partial charge on any atom is 0.243 e. The van der Waals surface area contributed by atoms with Gasteiger partial charge in [0.1, 0.15) is 52.1 Å². The molecule has 0 aliphatic carbocycles. The summed E-state index contributed by atoms with van der Waals surface area (Å²) in [5.41, 5.74) is 29.6. The number of hydrogen-bond acceptors (Lipinski definition) is 13. The molecule has 0 saturated carbocycles. The van der Waals surface area contributed by atoms with Crippen LogP contribution >= 0.6 is 0 Å². The van der Waals surface area contributed by atoms with Crippen LogP contribution in [-0.2, 0) is 65.8 Å². The number of aliphatic imine (C=N–C) groups is 2. The topological polar surface area (TPSA) is 455 Å². The van der Waals surface area contributed by atoms with Gasteiger partial charge in [-0.3, -0.25) is 53.1 Å². The summed E-state index contributed by atoms with van der Waals surface area (Å²) in [6.45, 7) is 1.21. The summed E-state index contributed by atoms with van der Waals surface area (Å²) >= 11 is 0.